The number of piperazine rings is 1. The van der Waals surface area contributed by atoms with Gasteiger partial charge in [-0.25, -0.2) is 4.98 Å². The van der Waals surface area contributed by atoms with Crippen LogP contribution < -0.4 is 19.9 Å². The van der Waals surface area contributed by atoms with E-state index < -0.39 is 0 Å². The SMILES string of the molecule is COc1ccc(N2CCN(c3cc(C)nc(NC4CCCCCC4)n3)CC2)cc1. The molecule has 6 nitrogen and oxygen atoms in total. The molecule has 0 bridgehead atoms. The first-order chi connectivity index (χ1) is 14.2. The van der Waals surface area contributed by atoms with Gasteiger partial charge in [-0.2, -0.15) is 4.98 Å². The molecule has 1 aromatic heterocycles. The maximum absolute atomic E-state index is 5.27. The Morgan fingerprint density at radius 3 is 2.21 bits per heavy atom. The zero-order valence-electron chi connectivity index (χ0n) is 17.7. The predicted octanol–water partition coefficient (Wildman–Crippen LogP) is 4.25. The smallest absolute Gasteiger partial charge is 0.225 e. The Morgan fingerprint density at radius 2 is 1.55 bits per heavy atom. The van der Waals surface area contributed by atoms with Gasteiger partial charge >= 0.3 is 0 Å². The summed E-state index contributed by atoms with van der Waals surface area (Å²) in [5, 5.41) is 3.62. The number of aromatic nitrogens is 2. The Labute approximate surface area is 174 Å². The summed E-state index contributed by atoms with van der Waals surface area (Å²) in [6.45, 7) is 5.97. The van der Waals surface area contributed by atoms with Crippen LogP contribution in [0.2, 0.25) is 0 Å². The largest absolute Gasteiger partial charge is 0.497 e. The Bertz CT molecular complexity index is 778. The van der Waals surface area contributed by atoms with E-state index in [1.165, 1.54) is 44.2 Å². The van der Waals surface area contributed by atoms with Crippen molar-refractivity contribution in [2.24, 2.45) is 0 Å². The number of nitrogens with zero attached hydrogens (tertiary/aromatic N) is 4. The van der Waals surface area contributed by atoms with Crippen LogP contribution in [0.25, 0.3) is 0 Å². The van der Waals surface area contributed by atoms with Crippen molar-refractivity contribution < 1.29 is 4.74 Å². The molecule has 2 fully saturated rings. The van der Waals surface area contributed by atoms with E-state index in [4.69, 9.17) is 9.72 Å². The summed E-state index contributed by atoms with van der Waals surface area (Å²) in [6, 6.07) is 11.0. The van der Waals surface area contributed by atoms with Gasteiger partial charge in [0, 0.05) is 49.7 Å². The number of rotatable bonds is 5. The molecule has 1 saturated heterocycles. The lowest BCUT2D eigenvalue weighted by Gasteiger charge is -2.37. The van der Waals surface area contributed by atoms with Crippen molar-refractivity contribution in [2.45, 2.75) is 51.5 Å². The Kier molecular flexibility index (Phi) is 6.37. The molecule has 6 heteroatoms. The molecule has 1 aliphatic carbocycles. The summed E-state index contributed by atoms with van der Waals surface area (Å²) in [5.74, 6) is 2.74. The summed E-state index contributed by atoms with van der Waals surface area (Å²) in [5.41, 5.74) is 2.28. The molecule has 1 aliphatic heterocycles. The minimum Gasteiger partial charge on any atom is -0.497 e. The van der Waals surface area contributed by atoms with Crippen LogP contribution in [0.5, 0.6) is 5.75 Å². The highest BCUT2D eigenvalue weighted by atomic mass is 16.5. The molecular weight excluding hydrogens is 362 g/mol. The molecule has 2 aromatic rings. The number of nitrogens with one attached hydrogen (secondary N) is 1. The number of methoxy groups -OCH3 is 1. The van der Waals surface area contributed by atoms with Crippen molar-refractivity contribution in [3.63, 3.8) is 0 Å². The standard InChI is InChI=1S/C23H33N5O/c1-18-17-22(26-23(24-18)25-19-7-5-3-4-6-8-19)28-15-13-27(14-16-28)20-9-11-21(29-2)12-10-20/h9-12,17,19H,3-8,13-16H2,1-2H3,(H,24,25,26). The van der Waals surface area contributed by atoms with Crippen molar-refractivity contribution in [1.29, 1.82) is 0 Å². The number of hydrogen-bond donors (Lipinski definition) is 1. The van der Waals surface area contributed by atoms with Gasteiger partial charge in [0.05, 0.1) is 7.11 Å². The van der Waals surface area contributed by atoms with Crippen LogP contribution in [-0.2, 0) is 0 Å². The van der Waals surface area contributed by atoms with Crippen molar-refractivity contribution >= 4 is 17.5 Å². The third-order valence-corrected chi connectivity index (χ3v) is 6.07. The lowest BCUT2D eigenvalue weighted by atomic mass is 10.1. The monoisotopic (exact) mass is 395 g/mol. The van der Waals surface area contributed by atoms with Gasteiger partial charge in [-0.3, -0.25) is 0 Å². The third kappa shape index (κ3) is 5.11. The number of ether oxygens (including phenoxy) is 1. The van der Waals surface area contributed by atoms with Gasteiger partial charge in [-0.15, -0.1) is 0 Å². The van der Waals surface area contributed by atoms with E-state index in [2.05, 4.69) is 45.2 Å². The Balaban J connectivity index is 1.39. The van der Waals surface area contributed by atoms with Crippen LogP contribution >= 0.6 is 0 Å². The van der Waals surface area contributed by atoms with Gasteiger partial charge < -0.3 is 19.9 Å². The van der Waals surface area contributed by atoms with E-state index in [0.29, 0.717) is 6.04 Å². The highest BCUT2D eigenvalue weighted by molar-refractivity contribution is 5.52. The van der Waals surface area contributed by atoms with Crippen molar-refractivity contribution in [2.75, 3.05) is 48.4 Å². The molecule has 0 spiro atoms. The van der Waals surface area contributed by atoms with Crippen molar-refractivity contribution in [3.8, 4) is 5.75 Å². The van der Waals surface area contributed by atoms with E-state index in [1.54, 1.807) is 7.11 Å². The molecule has 0 amide bonds. The summed E-state index contributed by atoms with van der Waals surface area (Å²) in [6.07, 6.45) is 7.79. The van der Waals surface area contributed by atoms with Gasteiger partial charge in [-0.1, -0.05) is 25.7 Å². The first-order valence-corrected chi connectivity index (χ1v) is 11.0. The Hall–Kier alpha value is -2.50. The molecule has 2 aliphatic rings. The minimum atomic E-state index is 0.513. The van der Waals surface area contributed by atoms with E-state index in [-0.39, 0.29) is 0 Å². The minimum absolute atomic E-state index is 0.513. The second-order valence-corrected chi connectivity index (χ2v) is 8.20. The molecule has 156 valence electrons. The zero-order chi connectivity index (χ0) is 20.1. The van der Waals surface area contributed by atoms with E-state index in [1.807, 2.05) is 12.1 Å². The fraction of sp³-hybridized carbons (Fsp3) is 0.565. The number of hydrogen-bond acceptors (Lipinski definition) is 6. The lowest BCUT2D eigenvalue weighted by Crippen LogP contribution is -2.47. The molecule has 2 heterocycles. The maximum atomic E-state index is 5.27. The number of anilines is 3. The van der Waals surface area contributed by atoms with Crippen LogP contribution in [0.15, 0.2) is 30.3 Å². The maximum Gasteiger partial charge on any atom is 0.225 e. The van der Waals surface area contributed by atoms with E-state index in [0.717, 1.165) is 49.4 Å². The quantitative estimate of drug-likeness (QED) is 0.764. The predicted molar refractivity (Wildman–Crippen MR) is 119 cm³/mol. The molecule has 0 atom stereocenters. The summed E-state index contributed by atoms with van der Waals surface area (Å²) < 4.78 is 5.27. The summed E-state index contributed by atoms with van der Waals surface area (Å²) >= 11 is 0. The average molecular weight is 396 g/mol. The summed E-state index contributed by atoms with van der Waals surface area (Å²) in [7, 11) is 1.70. The molecule has 29 heavy (non-hydrogen) atoms. The number of aryl methyl sites for hydroxylation is 1. The fourth-order valence-corrected chi connectivity index (χ4v) is 4.37. The van der Waals surface area contributed by atoms with Gasteiger partial charge in [0.25, 0.3) is 0 Å². The van der Waals surface area contributed by atoms with Crippen LogP contribution in [-0.4, -0.2) is 49.3 Å². The van der Waals surface area contributed by atoms with Crippen LogP contribution in [0.4, 0.5) is 17.5 Å². The second kappa shape index (κ2) is 9.33. The van der Waals surface area contributed by atoms with Gasteiger partial charge in [0.2, 0.25) is 5.95 Å². The number of benzene rings is 1. The van der Waals surface area contributed by atoms with Crippen LogP contribution in [0.1, 0.15) is 44.2 Å². The second-order valence-electron chi connectivity index (χ2n) is 8.20. The molecule has 1 N–H and O–H groups in total. The fourth-order valence-electron chi connectivity index (χ4n) is 4.37. The topological polar surface area (TPSA) is 53.5 Å². The zero-order valence-corrected chi connectivity index (χ0v) is 17.7. The molecule has 4 rings (SSSR count). The van der Waals surface area contributed by atoms with Crippen LogP contribution in [0.3, 0.4) is 0 Å². The van der Waals surface area contributed by atoms with Crippen molar-refractivity contribution in [3.05, 3.63) is 36.0 Å². The van der Waals surface area contributed by atoms with Crippen molar-refractivity contribution in [1.82, 2.24) is 9.97 Å². The first-order valence-electron chi connectivity index (χ1n) is 11.0. The van der Waals surface area contributed by atoms with E-state index in [9.17, 15) is 0 Å². The van der Waals surface area contributed by atoms with Gasteiger partial charge in [0.15, 0.2) is 0 Å². The molecule has 0 unspecified atom stereocenters. The van der Waals surface area contributed by atoms with Gasteiger partial charge in [-0.05, 0) is 44.0 Å². The van der Waals surface area contributed by atoms with Crippen LogP contribution in [0, 0.1) is 6.92 Å². The molecule has 1 saturated carbocycles. The molecule has 0 radical (unpaired) electrons. The third-order valence-electron chi connectivity index (χ3n) is 6.07. The molecule has 1 aromatic carbocycles. The first kappa shape index (κ1) is 19.8. The van der Waals surface area contributed by atoms with Gasteiger partial charge in [0.1, 0.15) is 11.6 Å². The highest BCUT2D eigenvalue weighted by Gasteiger charge is 2.20. The lowest BCUT2D eigenvalue weighted by molar-refractivity contribution is 0.415. The summed E-state index contributed by atoms with van der Waals surface area (Å²) in [4.78, 5) is 14.3. The Morgan fingerprint density at radius 1 is 0.897 bits per heavy atom. The normalized spacial score (nSPS) is 18.4. The average Bonchev–Trinajstić information content (AvgIpc) is 3.02. The highest BCUT2D eigenvalue weighted by Crippen LogP contribution is 2.24. The van der Waals surface area contributed by atoms with E-state index >= 15 is 0 Å². The molecular formula is C23H33N5O.